The van der Waals surface area contributed by atoms with Gasteiger partial charge in [0, 0.05) is 7.05 Å². The number of hydrogen-bond acceptors (Lipinski definition) is 4. The Morgan fingerprint density at radius 2 is 2.19 bits per heavy atom. The number of ether oxygens (including phenoxy) is 1. The fraction of sp³-hybridized carbons (Fsp3) is 0.636. The first kappa shape index (κ1) is 12.5. The predicted molar refractivity (Wildman–Crippen MR) is 62.7 cm³/mol. The van der Waals surface area contributed by atoms with Crippen LogP contribution >= 0.6 is 0 Å². The molecule has 90 valence electrons. The van der Waals surface area contributed by atoms with E-state index in [9.17, 15) is 4.79 Å². The number of nitrogens with zero attached hydrogens (tertiary/aromatic N) is 2. The number of esters is 1. The number of nitrogens with one attached hydrogen (secondary N) is 1. The van der Waals surface area contributed by atoms with Crippen molar-refractivity contribution >= 4 is 11.8 Å². The van der Waals surface area contributed by atoms with Crippen molar-refractivity contribution in [3.8, 4) is 0 Å². The second-order valence-electron chi connectivity index (χ2n) is 4.46. The minimum absolute atomic E-state index is 0.177. The Morgan fingerprint density at radius 1 is 1.56 bits per heavy atom. The van der Waals surface area contributed by atoms with Gasteiger partial charge in [0.15, 0.2) is 0 Å². The van der Waals surface area contributed by atoms with Gasteiger partial charge < -0.3 is 10.1 Å². The molecule has 1 aromatic rings. The van der Waals surface area contributed by atoms with E-state index in [2.05, 4.69) is 10.4 Å². The lowest BCUT2D eigenvalue weighted by Crippen LogP contribution is -2.25. The minimum Gasteiger partial charge on any atom is -0.462 e. The van der Waals surface area contributed by atoms with E-state index in [0.29, 0.717) is 18.0 Å². The summed E-state index contributed by atoms with van der Waals surface area (Å²) in [6, 6.07) is 0. The van der Waals surface area contributed by atoms with Crippen LogP contribution in [0.4, 0.5) is 5.82 Å². The molecular weight excluding hydrogens is 206 g/mol. The summed E-state index contributed by atoms with van der Waals surface area (Å²) in [5, 5.41) is 7.20. The van der Waals surface area contributed by atoms with Crippen molar-refractivity contribution in [3.63, 3.8) is 0 Å². The van der Waals surface area contributed by atoms with Crippen LogP contribution in [0.2, 0.25) is 0 Å². The molecule has 0 aliphatic rings. The fourth-order valence-corrected chi connectivity index (χ4v) is 1.46. The number of anilines is 1. The molecule has 16 heavy (non-hydrogen) atoms. The van der Waals surface area contributed by atoms with Crippen LogP contribution in [0.25, 0.3) is 0 Å². The van der Waals surface area contributed by atoms with Crippen LogP contribution in [-0.2, 0) is 10.3 Å². The third kappa shape index (κ3) is 2.35. The highest BCUT2D eigenvalue weighted by molar-refractivity contribution is 5.94. The van der Waals surface area contributed by atoms with E-state index in [1.54, 1.807) is 18.7 Å². The molecule has 0 aliphatic carbocycles. The molecule has 0 aliphatic heterocycles. The molecule has 1 N–H and O–H groups in total. The van der Waals surface area contributed by atoms with Crippen LogP contribution in [-0.4, -0.2) is 29.4 Å². The molecule has 0 unspecified atom stereocenters. The number of hydrogen-bond donors (Lipinski definition) is 1. The van der Waals surface area contributed by atoms with Crippen molar-refractivity contribution in [3.05, 3.63) is 11.8 Å². The molecule has 0 amide bonds. The lowest BCUT2D eigenvalue weighted by atomic mass is 10.1. The Morgan fingerprint density at radius 3 is 2.62 bits per heavy atom. The van der Waals surface area contributed by atoms with Crippen molar-refractivity contribution in [2.75, 3.05) is 19.0 Å². The average molecular weight is 225 g/mol. The number of rotatable bonds is 3. The molecular formula is C11H19N3O2. The Kier molecular flexibility index (Phi) is 3.57. The van der Waals surface area contributed by atoms with Gasteiger partial charge in [0.2, 0.25) is 0 Å². The van der Waals surface area contributed by atoms with Gasteiger partial charge in [0.05, 0.1) is 18.3 Å². The van der Waals surface area contributed by atoms with Gasteiger partial charge in [0.1, 0.15) is 11.4 Å². The topological polar surface area (TPSA) is 56.1 Å². The Bertz CT molecular complexity index is 377. The second kappa shape index (κ2) is 4.55. The first-order valence-electron chi connectivity index (χ1n) is 5.35. The highest BCUT2D eigenvalue weighted by atomic mass is 16.5. The molecule has 1 aromatic heterocycles. The maximum Gasteiger partial charge on any atom is 0.343 e. The number of carbonyl (C=O) groups is 1. The summed E-state index contributed by atoms with van der Waals surface area (Å²) in [6.45, 7) is 8.22. The minimum atomic E-state index is -0.345. The van der Waals surface area contributed by atoms with E-state index in [1.807, 2.05) is 20.8 Å². The highest BCUT2D eigenvalue weighted by Crippen LogP contribution is 2.23. The fourth-order valence-electron chi connectivity index (χ4n) is 1.46. The summed E-state index contributed by atoms with van der Waals surface area (Å²) in [6.07, 6.45) is 1.54. The summed E-state index contributed by atoms with van der Waals surface area (Å²) in [4.78, 5) is 11.6. The smallest absolute Gasteiger partial charge is 0.343 e. The normalized spacial score (nSPS) is 11.3. The maximum absolute atomic E-state index is 11.6. The molecule has 0 saturated heterocycles. The van der Waals surface area contributed by atoms with Crippen LogP contribution in [0.15, 0.2) is 6.20 Å². The molecule has 0 radical (unpaired) electrons. The third-order valence-electron chi connectivity index (χ3n) is 2.14. The molecule has 0 spiro atoms. The van der Waals surface area contributed by atoms with Gasteiger partial charge in [-0.2, -0.15) is 5.10 Å². The zero-order chi connectivity index (χ0) is 12.3. The van der Waals surface area contributed by atoms with Gasteiger partial charge in [-0.15, -0.1) is 0 Å². The predicted octanol–water partition coefficient (Wildman–Crippen LogP) is 1.86. The number of carbonyl (C=O) groups excluding carboxylic acids is 1. The molecule has 0 saturated carbocycles. The maximum atomic E-state index is 11.6. The van der Waals surface area contributed by atoms with E-state index in [4.69, 9.17) is 4.74 Å². The van der Waals surface area contributed by atoms with E-state index >= 15 is 0 Å². The molecule has 0 atom stereocenters. The molecule has 5 nitrogen and oxygen atoms in total. The summed E-state index contributed by atoms with van der Waals surface area (Å²) in [7, 11) is 1.77. The molecule has 0 aromatic carbocycles. The zero-order valence-electron chi connectivity index (χ0n) is 10.5. The van der Waals surface area contributed by atoms with Gasteiger partial charge in [-0.25, -0.2) is 9.48 Å². The van der Waals surface area contributed by atoms with Crippen molar-refractivity contribution in [2.45, 2.75) is 33.2 Å². The first-order chi connectivity index (χ1) is 7.41. The van der Waals surface area contributed by atoms with Crippen LogP contribution < -0.4 is 5.32 Å². The van der Waals surface area contributed by atoms with Crippen LogP contribution in [0.3, 0.4) is 0 Å². The van der Waals surface area contributed by atoms with Crippen molar-refractivity contribution in [1.82, 2.24) is 9.78 Å². The van der Waals surface area contributed by atoms with Crippen LogP contribution in [0.1, 0.15) is 38.1 Å². The van der Waals surface area contributed by atoms with E-state index in [0.717, 1.165) is 0 Å². The monoisotopic (exact) mass is 225 g/mol. The SMILES string of the molecule is CCOC(=O)c1cnn(C(C)(C)C)c1NC. The van der Waals surface area contributed by atoms with Gasteiger partial charge in [-0.3, -0.25) is 0 Å². The first-order valence-corrected chi connectivity index (χ1v) is 5.35. The average Bonchev–Trinajstić information content (AvgIpc) is 2.60. The Labute approximate surface area is 95.8 Å². The summed E-state index contributed by atoms with van der Waals surface area (Å²) < 4.78 is 6.74. The van der Waals surface area contributed by atoms with E-state index in [-0.39, 0.29) is 11.5 Å². The zero-order valence-corrected chi connectivity index (χ0v) is 10.5. The highest BCUT2D eigenvalue weighted by Gasteiger charge is 2.23. The molecule has 1 heterocycles. The lowest BCUT2D eigenvalue weighted by Gasteiger charge is -2.22. The molecule has 1 rings (SSSR count). The van der Waals surface area contributed by atoms with Crippen molar-refractivity contribution in [2.24, 2.45) is 0 Å². The summed E-state index contributed by atoms with van der Waals surface area (Å²) in [5.74, 6) is 0.341. The van der Waals surface area contributed by atoms with Crippen molar-refractivity contribution < 1.29 is 9.53 Å². The summed E-state index contributed by atoms with van der Waals surface area (Å²) in [5.41, 5.74) is 0.294. The molecule has 5 heteroatoms. The van der Waals surface area contributed by atoms with Gasteiger partial charge >= 0.3 is 5.97 Å². The van der Waals surface area contributed by atoms with Crippen LogP contribution in [0.5, 0.6) is 0 Å². The quantitative estimate of drug-likeness (QED) is 0.798. The molecule has 0 bridgehead atoms. The standard InChI is InChI=1S/C11H19N3O2/c1-6-16-10(15)8-7-13-14(9(8)12-5)11(2,3)4/h7,12H,6H2,1-5H3. The van der Waals surface area contributed by atoms with Gasteiger partial charge in [0.25, 0.3) is 0 Å². The third-order valence-corrected chi connectivity index (χ3v) is 2.14. The Balaban J connectivity index is 3.14. The lowest BCUT2D eigenvalue weighted by molar-refractivity contribution is 0.0527. The summed E-state index contributed by atoms with van der Waals surface area (Å²) >= 11 is 0. The largest absolute Gasteiger partial charge is 0.462 e. The van der Waals surface area contributed by atoms with Gasteiger partial charge in [-0.1, -0.05) is 0 Å². The Hall–Kier alpha value is -1.52. The van der Waals surface area contributed by atoms with Crippen molar-refractivity contribution in [1.29, 1.82) is 0 Å². The second-order valence-corrected chi connectivity index (χ2v) is 4.46. The van der Waals surface area contributed by atoms with E-state index < -0.39 is 0 Å². The molecule has 0 fully saturated rings. The van der Waals surface area contributed by atoms with E-state index in [1.165, 1.54) is 6.20 Å². The number of aromatic nitrogens is 2. The van der Waals surface area contributed by atoms with Crippen LogP contribution in [0, 0.1) is 0 Å². The van der Waals surface area contributed by atoms with Gasteiger partial charge in [-0.05, 0) is 27.7 Å².